The lowest BCUT2D eigenvalue weighted by Gasteiger charge is -2.25. The van der Waals surface area contributed by atoms with Gasteiger partial charge in [0.15, 0.2) is 12.1 Å². The summed E-state index contributed by atoms with van der Waals surface area (Å²) in [5, 5.41) is 0. The lowest BCUT2D eigenvalue weighted by Crippen LogP contribution is -2.27. The van der Waals surface area contributed by atoms with Gasteiger partial charge < -0.3 is 14.2 Å². The molecule has 0 amide bonds. The number of Topliss-reactive ketones (excluding diaryl/α,β-unsaturated/α-hetero) is 1. The number of unbranched alkanes of at least 4 members (excludes halogenated alkanes) is 1. The number of hydrogen-bond donors (Lipinski definition) is 0. The van der Waals surface area contributed by atoms with E-state index < -0.39 is 0 Å². The fraction of sp³-hybridized carbons (Fsp3) is 0.611. The maximum atomic E-state index is 12.2. The summed E-state index contributed by atoms with van der Waals surface area (Å²) < 4.78 is 18.1. The molecular weight excluding hydrogens is 360 g/mol. The summed E-state index contributed by atoms with van der Waals surface area (Å²) in [6.07, 6.45) is 6.64. The first-order chi connectivity index (χ1) is 11.2. The topological polar surface area (TPSA) is 44.8 Å². The van der Waals surface area contributed by atoms with Crippen LogP contribution in [-0.4, -0.2) is 31.4 Å². The van der Waals surface area contributed by atoms with E-state index in [1.807, 2.05) is 18.2 Å². The molecule has 5 heteroatoms. The zero-order chi connectivity index (χ0) is 16.1. The van der Waals surface area contributed by atoms with E-state index in [1.165, 1.54) is 6.42 Å². The molecule has 0 spiro atoms. The Kier molecular flexibility index (Phi) is 6.08. The second-order valence-corrected chi connectivity index (χ2v) is 7.09. The van der Waals surface area contributed by atoms with Gasteiger partial charge >= 0.3 is 0 Å². The quantitative estimate of drug-likeness (QED) is 0.679. The van der Waals surface area contributed by atoms with Crippen molar-refractivity contribution in [1.82, 2.24) is 0 Å². The number of ketones is 1. The van der Waals surface area contributed by atoms with Crippen molar-refractivity contribution in [2.75, 3.05) is 13.2 Å². The largest absolute Gasteiger partial charge is 0.489 e. The molecule has 0 bridgehead atoms. The maximum Gasteiger partial charge on any atom is 0.170 e. The summed E-state index contributed by atoms with van der Waals surface area (Å²) in [6, 6.07) is 5.62. The van der Waals surface area contributed by atoms with Crippen LogP contribution in [0.1, 0.15) is 55.3 Å². The Morgan fingerprint density at radius 1 is 1.26 bits per heavy atom. The Morgan fingerprint density at radius 2 is 2.17 bits per heavy atom. The van der Waals surface area contributed by atoms with Gasteiger partial charge in [-0.15, -0.1) is 0 Å². The van der Waals surface area contributed by atoms with Gasteiger partial charge in [-0.25, -0.2) is 0 Å². The van der Waals surface area contributed by atoms with Crippen LogP contribution >= 0.6 is 15.9 Å². The molecule has 0 saturated carbocycles. The maximum absolute atomic E-state index is 12.2. The normalized spacial score (nSPS) is 24.1. The molecule has 2 aliphatic rings. The Balaban J connectivity index is 1.38. The highest BCUT2D eigenvalue weighted by molar-refractivity contribution is 9.10. The van der Waals surface area contributed by atoms with Crippen LogP contribution < -0.4 is 4.74 Å². The lowest BCUT2D eigenvalue weighted by molar-refractivity contribution is -0.162. The van der Waals surface area contributed by atoms with Crippen LogP contribution in [-0.2, 0) is 9.47 Å². The first-order valence-electron chi connectivity index (χ1n) is 8.45. The molecule has 3 rings (SSSR count). The third-order valence-corrected chi connectivity index (χ3v) is 4.80. The Morgan fingerprint density at radius 3 is 3.00 bits per heavy atom. The number of hydrogen-bond acceptors (Lipinski definition) is 4. The van der Waals surface area contributed by atoms with Crippen molar-refractivity contribution < 1.29 is 19.0 Å². The van der Waals surface area contributed by atoms with Gasteiger partial charge in [-0.3, -0.25) is 4.79 Å². The molecule has 1 saturated heterocycles. The van der Waals surface area contributed by atoms with E-state index >= 15 is 0 Å². The standard InChI is InChI=1S/C18H23BrO4/c19-13-7-8-17-15(11-13)16(20)12-14(23-17)5-1-3-9-21-18-6-2-4-10-22-18/h7-8,11,14,18H,1-6,9-10,12H2. The summed E-state index contributed by atoms with van der Waals surface area (Å²) in [4.78, 5) is 12.2. The molecule has 2 heterocycles. The zero-order valence-corrected chi connectivity index (χ0v) is 14.8. The molecular formula is C18H23BrO4. The summed E-state index contributed by atoms with van der Waals surface area (Å²) in [6.45, 7) is 1.53. The first-order valence-corrected chi connectivity index (χ1v) is 9.24. The van der Waals surface area contributed by atoms with Gasteiger partial charge in [0, 0.05) is 24.1 Å². The average Bonchev–Trinajstić information content (AvgIpc) is 2.56. The van der Waals surface area contributed by atoms with Gasteiger partial charge in [0.05, 0.1) is 5.56 Å². The van der Waals surface area contributed by atoms with Gasteiger partial charge in [0.1, 0.15) is 11.9 Å². The van der Waals surface area contributed by atoms with Gasteiger partial charge in [-0.1, -0.05) is 15.9 Å². The summed E-state index contributed by atoms with van der Waals surface area (Å²) in [5.41, 5.74) is 0.688. The van der Waals surface area contributed by atoms with Crippen molar-refractivity contribution in [3.63, 3.8) is 0 Å². The van der Waals surface area contributed by atoms with Crippen LogP contribution in [0.2, 0.25) is 0 Å². The molecule has 2 aliphatic heterocycles. The number of fused-ring (bicyclic) bond motifs is 1. The Labute approximate surface area is 145 Å². The Bertz CT molecular complexity index is 540. The molecule has 4 nitrogen and oxygen atoms in total. The smallest absolute Gasteiger partial charge is 0.170 e. The fourth-order valence-corrected chi connectivity index (χ4v) is 3.41. The fourth-order valence-electron chi connectivity index (χ4n) is 3.05. The highest BCUT2D eigenvalue weighted by Gasteiger charge is 2.26. The molecule has 23 heavy (non-hydrogen) atoms. The number of ether oxygens (including phenoxy) is 3. The van der Waals surface area contributed by atoms with Crippen molar-refractivity contribution in [3.8, 4) is 5.75 Å². The van der Waals surface area contributed by atoms with Crippen LogP contribution in [0.3, 0.4) is 0 Å². The molecule has 1 aromatic rings. The van der Waals surface area contributed by atoms with Crippen molar-refractivity contribution in [2.45, 2.75) is 57.3 Å². The average molecular weight is 383 g/mol. The molecule has 1 aromatic carbocycles. The van der Waals surface area contributed by atoms with Crippen molar-refractivity contribution in [3.05, 3.63) is 28.2 Å². The lowest BCUT2D eigenvalue weighted by atomic mass is 9.98. The van der Waals surface area contributed by atoms with Gasteiger partial charge in [-0.05, 0) is 56.7 Å². The molecule has 0 N–H and O–H groups in total. The number of carbonyl (C=O) groups is 1. The van der Waals surface area contributed by atoms with Crippen molar-refractivity contribution >= 4 is 21.7 Å². The monoisotopic (exact) mass is 382 g/mol. The van der Waals surface area contributed by atoms with Gasteiger partial charge in [0.2, 0.25) is 0 Å². The molecule has 126 valence electrons. The molecule has 0 aliphatic carbocycles. The van der Waals surface area contributed by atoms with E-state index in [9.17, 15) is 4.79 Å². The Hall–Kier alpha value is -0.910. The highest BCUT2D eigenvalue weighted by Crippen LogP contribution is 2.31. The number of benzene rings is 1. The van der Waals surface area contributed by atoms with Crippen molar-refractivity contribution in [2.24, 2.45) is 0 Å². The minimum atomic E-state index is -0.0124. The van der Waals surface area contributed by atoms with E-state index in [2.05, 4.69) is 15.9 Å². The van der Waals surface area contributed by atoms with Gasteiger partial charge in [-0.2, -0.15) is 0 Å². The molecule has 2 unspecified atom stereocenters. The van der Waals surface area contributed by atoms with Crippen LogP contribution in [0.4, 0.5) is 0 Å². The predicted molar refractivity (Wildman–Crippen MR) is 90.9 cm³/mol. The summed E-state index contributed by atoms with van der Waals surface area (Å²) in [5.74, 6) is 0.880. The minimum absolute atomic E-state index is 0.0119. The first kappa shape index (κ1) is 16.9. The SMILES string of the molecule is O=C1CC(CCCCOC2CCCCO2)Oc2ccc(Br)cc21. The second-order valence-electron chi connectivity index (χ2n) is 6.17. The molecule has 2 atom stereocenters. The number of halogens is 1. The third kappa shape index (κ3) is 4.78. The minimum Gasteiger partial charge on any atom is -0.489 e. The summed E-state index contributed by atoms with van der Waals surface area (Å²) in [7, 11) is 0. The van der Waals surface area contributed by atoms with E-state index in [-0.39, 0.29) is 18.2 Å². The molecule has 0 aromatic heterocycles. The zero-order valence-electron chi connectivity index (χ0n) is 13.3. The van der Waals surface area contributed by atoms with E-state index in [4.69, 9.17) is 14.2 Å². The van der Waals surface area contributed by atoms with Crippen LogP contribution in [0, 0.1) is 0 Å². The van der Waals surface area contributed by atoms with Crippen molar-refractivity contribution in [1.29, 1.82) is 0 Å². The van der Waals surface area contributed by atoms with E-state index in [0.29, 0.717) is 17.7 Å². The second kappa shape index (κ2) is 8.27. The van der Waals surface area contributed by atoms with E-state index in [0.717, 1.165) is 49.8 Å². The number of carbonyl (C=O) groups excluding carboxylic acids is 1. The van der Waals surface area contributed by atoms with Gasteiger partial charge in [0.25, 0.3) is 0 Å². The van der Waals surface area contributed by atoms with Crippen LogP contribution in [0.15, 0.2) is 22.7 Å². The summed E-state index contributed by atoms with van der Waals surface area (Å²) >= 11 is 3.39. The number of rotatable bonds is 6. The molecule has 0 radical (unpaired) electrons. The van der Waals surface area contributed by atoms with Crippen LogP contribution in [0.5, 0.6) is 5.75 Å². The predicted octanol–water partition coefficient (Wildman–Crippen LogP) is 4.50. The molecule has 1 fully saturated rings. The van der Waals surface area contributed by atoms with E-state index in [1.54, 1.807) is 0 Å². The highest BCUT2D eigenvalue weighted by atomic mass is 79.9. The van der Waals surface area contributed by atoms with Crippen LogP contribution in [0.25, 0.3) is 0 Å². The third-order valence-electron chi connectivity index (χ3n) is 4.31.